The predicted molar refractivity (Wildman–Crippen MR) is 142 cm³/mol. The van der Waals surface area contributed by atoms with E-state index >= 15 is 0 Å². The number of halogens is 3. The van der Waals surface area contributed by atoms with Crippen molar-refractivity contribution < 1.29 is 18.4 Å². The molecule has 1 unspecified atom stereocenters. The minimum atomic E-state index is -1.10. The van der Waals surface area contributed by atoms with Gasteiger partial charge in [0.15, 0.2) is 11.6 Å². The number of unbranched alkanes of at least 4 members (excludes halogenated alkanes) is 1. The summed E-state index contributed by atoms with van der Waals surface area (Å²) in [6, 6.07) is 9.20. The largest absolute Gasteiger partial charge is 0.307 e. The van der Waals surface area contributed by atoms with Crippen LogP contribution in [0.25, 0.3) is 0 Å². The van der Waals surface area contributed by atoms with Crippen LogP contribution in [0.1, 0.15) is 54.9 Å². The van der Waals surface area contributed by atoms with Crippen molar-refractivity contribution in [3.63, 3.8) is 0 Å². The maximum Gasteiger partial charge on any atom is 0.261 e. The van der Waals surface area contributed by atoms with Gasteiger partial charge in [0.25, 0.3) is 5.91 Å². The van der Waals surface area contributed by atoms with Gasteiger partial charge in [0.2, 0.25) is 0 Å². The van der Waals surface area contributed by atoms with E-state index in [1.54, 1.807) is 17.9 Å². The van der Waals surface area contributed by atoms with Crippen LogP contribution in [0.2, 0.25) is 5.02 Å². The zero-order chi connectivity index (χ0) is 26.3. The van der Waals surface area contributed by atoms with Gasteiger partial charge < -0.3 is 9.80 Å². The van der Waals surface area contributed by atoms with Gasteiger partial charge in [-0.2, -0.15) is 0 Å². The lowest BCUT2D eigenvalue weighted by atomic mass is 9.76. The van der Waals surface area contributed by atoms with Crippen molar-refractivity contribution in [2.75, 3.05) is 31.6 Å². The van der Waals surface area contributed by atoms with E-state index in [-0.39, 0.29) is 11.0 Å². The Hall–Kier alpha value is -2.83. The number of fused-ring (bicyclic) bond motifs is 2. The second-order valence-corrected chi connectivity index (χ2v) is 9.96. The molecule has 1 spiro atoms. The molecule has 0 saturated carbocycles. The van der Waals surface area contributed by atoms with Gasteiger partial charge in [0.05, 0.1) is 5.56 Å². The lowest BCUT2D eigenvalue weighted by Gasteiger charge is -2.29. The third kappa shape index (κ3) is 6.29. The van der Waals surface area contributed by atoms with Crippen molar-refractivity contribution in [1.29, 1.82) is 0 Å². The Labute approximate surface area is 217 Å². The van der Waals surface area contributed by atoms with Gasteiger partial charge >= 0.3 is 0 Å². The van der Waals surface area contributed by atoms with Crippen LogP contribution in [-0.2, 0) is 10.2 Å². The van der Waals surface area contributed by atoms with Crippen molar-refractivity contribution >= 4 is 29.5 Å². The Morgan fingerprint density at radius 3 is 2.67 bits per heavy atom. The van der Waals surface area contributed by atoms with Gasteiger partial charge in [0, 0.05) is 22.7 Å². The molecule has 1 fully saturated rings. The summed E-state index contributed by atoms with van der Waals surface area (Å²) in [5.41, 5.74) is 2.15. The average molecular weight is 515 g/mol. The molecule has 1 saturated heterocycles. The van der Waals surface area contributed by atoms with E-state index in [1.807, 2.05) is 24.3 Å². The monoisotopic (exact) mass is 514 g/mol. The maximum absolute atomic E-state index is 14.2. The highest BCUT2D eigenvalue weighted by molar-refractivity contribution is 6.30. The number of amides is 1. The molecular formula is C29H33ClF2N2O2. The van der Waals surface area contributed by atoms with Crippen LogP contribution in [-0.4, -0.2) is 43.8 Å². The summed E-state index contributed by atoms with van der Waals surface area (Å²) in [5.74, 6) is -2.62. The van der Waals surface area contributed by atoms with E-state index in [0.717, 1.165) is 74.4 Å². The Bertz CT molecular complexity index is 1150. The van der Waals surface area contributed by atoms with Gasteiger partial charge in [-0.05, 0) is 101 Å². The number of nitrogens with zero attached hydrogens (tertiary/aromatic N) is 2. The number of hydrogen-bond donors (Lipinski definition) is 0. The zero-order valence-corrected chi connectivity index (χ0v) is 21.7. The Kier molecular flexibility index (Phi) is 9.57. The quantitative estimate of drug-likeness (QED) is 0.192. The summed E-state index contributed by atoms with van der Waals surface area (Å²) >= 11 is 6.26. The van der Waals surface area contributed by atoms with E-state index in [4.69, 9.17) is 11.6 Å². The first-order valence-corrected chi connectivity index (χ1v) is 12.6. The summed E-state index contributed by atoms with van der Waals surface area (Å²) in [6.45, 7) is 7.75. The summed E-state index contributed by atoms with van der Waals surface area (Å²) in [6.07, 6.45) is 9.33. The number of aldehydes is 1. The molecule has 2 heterocycles. The fourth-order valence-electron chi connectivity index (χ4n) is 4.87. The molecule has 4 rings (SSSR count). The average Bonchev–Trinajstić information content (AvgIpc) is 3.04. The Morgan fingerprint density at radius 2 is 1.94 bits per heavy atom. The van der Waals surface area contributed by atoms with Crippen LogP contribution in [0.4, 0.5) is 14.5 Å². The molecule has 0 bridgehead atoms. The molecule has 0 aromatic heterocycles. The molecular weight excluding hydrogens is 482 g/mol. The molecule has 7 heteroatoms. The highest BCUT2D eigenvalue weighted by Gasteiger charge is 2.45. The summed E-state index contributed by atoms with van der Waals surface area (Å²) < 4.78 is 27.9. The van der Waals surface area contributed by atoms with E-state index in [2.05, 4.69) is 18.5 Å². The first-order chi connectivity index (χ1) is 17.2. The van der Waals surface area contributed by atoms with Gasteiger partial charge in [-0.15, -0.1) is 6.58 Å². The molecule has 2 aromatic rings. The second-order valence-electron chi connectivity index (χ2n) is 9.52. The number of carbonyl (C=O) groups excluding carboxylic acids is 2. The van der Waals surface area contributed by atoms with Crippen LogP contribution < -0.4 is 4.90 Å². The number of hydrogen-bond acceptors (Lipinski definition) is 3. The topological polar surface area (TPSA) is 40.6 Å². The number of benzene rings is 2. The molecule has 1 amide bonds. The molecule has 2 aliphatic rings. The molecule has 0 aliphatic carbocycles. The molecule has 36 heavy (non-hydrogen) atoms. The third-order valence-electron chi connectivity index (χ3n) is 6.90. The van der Waals surface area contributed by atoms with Crippen molar-refractivity contribution in [1.82, 2.24) is 4.90 Å². The van der Waals surface area contributed by atoms with Gasteiger partial charge in [-0.3, -0.25) is 9.59 Å². The fraction of sp³-hybridized carbons (Fsp3) is 0.379. The minimum absolute atomic E-state index is 0.204. The zero-order valence-electron chi connectivity index (χ0n) is 20.9. The molecule has 2 aliphatic heterocycles. The summed E-state index contributed by atoms with van der Waals surface area (Å²) in [7, 11) is 2.10. The van der Waals surface area contributed by atoms with Crippen LogP contribution in [0, 0.1) is 11.6 Å². The number of anilines is 1. The maximum atomic E-state index is 14.2. The molecule has 1 atom stereocenters. The Morgan fingerprint density at radius 1 is 1.17 bits per heavy atom. The van der Waals surface area contributed by atoms with E-state index in [0.29, 0.717) is 11.6 Å². The molecule has 0 radical (unpaired) electrons. The van der Waals surface area contributed by atoms with Crippen molar-refractivity contribution in [2.24, 2.45) is 0 Å². The van der Waals surface area contributed by atoms with Gasteiger partial charge in [0.1, 0.15) is 6.29 Å². The molecule has 192 valence electrons. The number of carbonyl (C=O) groups is 2. The molecule has 0 N–H and O–H groups in total. The third-order valence-corrected chi connectivity index (χ3v) is 7.13. The van der Waals surface area contributed by atoms with Gasteiger partial charge in [-0.25, -0.2) is 8.78 Å². The highest BCUT2D eigenvalue weighted by atomic mass is 35.5. The van der Waals surface area contributed by atoms with Crippen molar-refractivity contribution in [3.8, 4) is 0 Å². The van der Waals surface area contributed by atoms with Crippen molar-refractivity contribution in [3.05, 3.63) is 88.5 Å². The molecule has 4 nitrogen and oxygen atoms in total. The normalized spacial score (nSPS) is 19.8. The van der Waals surface area contributed by atoms with E-state index in [9.17, 15) is 18.4 Å². The predicted octanol–water partition coefficient (Wildman–Crippen LogP) is 6.73. The lowest BCUT2D eigenvalue weighted by Crippen LogP contribution is -2.38. The number of rotatable bonds is 5. The van der Waals surface area contributed by atoms with E-state index in [1.165, 1.54) is 12.1 Å². The number of likely N-dealkylation sites (tertiary alicyclic amines) is 1. The smallest absolute Gasteiger partial charge is 0.261 e. The summed E-state index contributed by atoms with van der Waals surface area (Å²) in [4.78, 5) is 27.0. The van der Waals surface area contributed by atoms with Crippen LogP contribution in [0.3, 0.4) is 0 Å². The Balaban J connectivity index is 0.000000345. The number of allylic oxidation sites excluding steroid dienone is 3. The van der Waals surface area contributed by atoms with E-state index < -0.39 is 17.5 Å². The van der Waals surface area contributed by atoms with Crippen LogP contribution in [0.5, 0.6) is 0 Å². The SMILES string of the molecule is C=CCC/C=C(\C)C=O.CN1CCCC2(CC1)CN(C(=O)c1cccc(F)c1F)c1ccc(Cl)cc12. The van der Waals surface area contributed by atoms with Gasteiger partial charge in [-0.1, -0.05) is 29.8 Å². The lowest BCUT2D eigenvalue weighted by molar-refractivity contribution is -0.104. The fourth-order valence-corrected chi connectivity index (χ4v) is 5.04. The first-order valence-electron chi connectivity index (χ1n) is 12.2. The second kappa shape index (κ2) is 12.4. The molecule has 2 aromatic carbocycles. The highest BCUT2D eigenvalue weighted by Crippen LogP contribution is 2.48. The van der Waals surface area contributed by atoms with Crippen LogP contribution in [0.15, 0.2) is 60.7 Å². The minimum Gasteiger partial charge on any atom is -0.307 e. The standard InChI is InChI=1S/C21H21ClF2N2O.C8H12O/c1-25-10-3-8-21(9-11-25)13-26(18-7-6-14(22)12-16(18)21)20(27)15-4-2-5-17(23)19(15)24;1-3-4-5-6-8(2)7-9/h2,4-7,12H,3,8-11,13H2,1H3;3,6-7H,1,4-5H2,2H3/b;8-6+. The first kappa shape index (κ1) is 27.8. The van der Waals surface area contributed by atoms with Crippen LogP contribution >= 0.6 is 11.6 Å². The van der Waals surface area contributed by atoms with Crippen molar-refractivity contribution in [2.45, 2.75) is 44.4 Å². The summed E-state index contributed by atoms with van der Waals surface area (Å²) in [5, 5.41) is 0.622.